The Balaban J connectivity index is 2.06. The van der Waals surface area contributed by atoms with Gasteiger partial charge >= 0.3 is 0 Å². The summed E-state index contributed by atoms with van der Waals surface area (Å²) in [4.78, 5) is 14.0. The van der Waals surface area contributed by atoms with E-state index in [0.29, 0.717) is 24.3 Å². The van der Waals surface area contributed by atoms with Gasteiger partial charge in [-0.3, -0.25) is 4.79 Å². The highest BCUT2D eigenvalue weighted by Crippen LogP contribution is 2.14. The molecule has 2 aromatic carbocycles. The smallest absolute Gasteiger partial charge is 0.253 e. The van der Waals surface area contributed by atoms with Gasteiger partial charge in [0.15, 0.2) is 0 Å². The van der Waals surface area contributed by atoms with E-state index in [1.165, 1.54) is 0 Å². The molecule has 22 heavy (non-hydrogen) atoms. The molecule has 0 radical (unpaired) electrons. The Hall–Kier alpha value is -2.80. The Kier molecular flexibility index (Phi) is 5.16. The van der Waals surface area contributed by atoms with Crippen molar-refractivity contribution in [1.82, 2.24) is 4.90 Å². The van der Waals surface area contributed by atoms with Crippen molar-refractivity contribution in [3.05, 3.63) is 65.2 Å². The lowest BCUT2D eigenvalue weighted by Crippen LogP contribution is -2.26. The molecule has 0 N–H and O–H groups in total. The van der Waals surface area contributed by atoms with E-state index in [4.69, 9.17) is 10.00 Å². The van der Waals surface area contributed by atoms with Gasteiger partial charge in [-0.15, -0.1) is 0 Å². The highest BCUT2D eigenvalue weighted by molar-refractivity contribution is 5.94. The molecule has 0 heterocycles. The van der Waals surface area contributed by atoms with E-state index in [-0.39, 0.29) is 5.91 Å². The van der Waals surface area contributed by atoms with Crippen molar-refractivity contribution >= 4 is 5.91 Å². The number of hydrogen-bond donors (Lipinski definition) is 0. The van der Waals surface area contributed by atoms with Gasteiger partial charge in [-0.2, -0.15) is 5.26 Å². The second-order valence-electron chi connectivity index (χ2n) is 4.93. The minimum Gasteiger partial charge on any atom is -0.494 e. The molecule has 0 saturated heterocycles. The van der Waals surface area contributed by atoms with Crippen LogP contribution in [0.15, 0.2) is 48.5 Å². The average molecular weight is 294 g/mol. The standard InChI is InChI=1S/C18H18N2O2/c1-3-22-17-9-7-14(8-10-17)13-20(2)18(21)16-6-4-5-15(11-16)12-19/h4-11H,3,13H2,1-2H3. The fourth-order valence-electron chi connectivity index (χ4n) is 2.15. The van der Waals surface area contributed by atoms with Crippen LogP contribution < -0.4 is 4.74 Å². The van der Waals surface area contributed by atoms with Crippen LogP contribution in [0.5, 0.6) is 5.75 Å². The third-order valence-corrected chi connectivity index (χ3v) is 3.24. The zero-order valence-corrected chi connectivity index (χ0v) is 12.7. The van der Waals surface area contributed by atoms with Crippen LogP contribution in [0.2, 0.25) is 0 Å². The van der Waals surface area contributed by atoms with Gasteiger partial charge in [-0.05, 0) is 42.8 Å². The van der Waals surface area contributed by atoms with E-state index >= 15 is 0 Å². The first-order chi connectivity index (χ1) is 10.6. The van der Waals surface area contributed by atoms with Crippen LogP contribution in [-0.4, -0.2) is 24.5 Å². The molecule has 112 valence electrons. The van der Waals surface area contributed by atoms with Crippen molar-refractivity contribution in [3.8, 4) is 11.8 Å². The predicted molar refractivity (Wildman–Crippen MR) is 84.6 cm³/mol. The normalized spacial score (nSPS) is 9.86. The molecule has 0 saturated carbocycles. The van der Waals surface area contributed by atoms with Crippen molar-refractivity contribution in [1.29, 1.82) is 5.26 Å². The number of amides is 1. The molecule has 0 bridgehead atoms. The maximum atomic E-state index is 12.4. The first-order valence-electron chi connectivity index (χ1n) is 7.11. The summed E-state index contributed by atoms with van der Waals surface area (Å²) >= 11 is 0. The molecule has 4 nitrogen and oxygen atoms in total. The largest absolute Gasteiger partial charge is 0.494 e. The summed E-state index contributed by atoms with van der Waals surface area (Å²) in [5, 5.41) is 8.90. The number of benzene rings is 2. The Labute approximate surface area is 130 Å². The monoisotopic (exact) mass is 294 g/mol. The van der Waals surface area contributed by atoms with Crippen LogP contribution in [0, 0.1) is 11.3 Å². The lowest BCUT2D eigenvalue weighted by molar-refractivity contribution is 0.0785. The molecule has 0 aromatic heterocycles. The van der Waals surface area contributed by atoms with Gasteiger partial charge in [-0.25, -0.2) is 0 Å². The molecule has 0 spiro atoms. The number of hydrogen-bond acceptors (Lipinski definition) is 3. The Morgan fingerprint density at radius 3 is 2.59 bits per heavy atom. The maximum absolute atomic E-state index is 12.4. The topological polar surface area (TPSA) is 53.3 Å². The predicted octanol–water partition coefficient (Wildman–Crippen LogP) is 3.23. The van der Waals surface area contributed by atoms with E-state index in [9.17, 15) is 4.79 Å². The molecule has 0 aliphatic rings. The molecule has 2 aromatic rings. The fourth-order valence-corrected chi connectivity index (χ4v) is 2.15. The van der Waals surface area contributed by atoms with Gasteiger partial charge in [0.2, 0.25) is 0 Å². The zero-order chi connectivity index (χ0) is 15.9. The van der Waals surface area contributed by atoms with Crippen LogP contribution in [0.4, 0.5) is 0 Å². The van der Waals surface area contributed by atoms with E-state index < -0.39 is 0 Å². The molecule has 0 atom stereocenters. The van der Waals surface area contributed by atoms with Crippen molar-refractivity contribution < 1.29 is 9.53 Å². The number of nitriles is 1. The number of ether oxygens (including phenoxy) is 1. The summed E-state index contributed by atoms with van der Waals surface area (Å²) in [7, 11) is 1.75. The number of carbonyl (C=O) groups is 1. The fraction of sp³-hybridized carbons (Fsp3) is 0.222. The van der Waals surface area contributed by atoms with E-state index in [1.54, 1.807) is 36.2 Å². The third kappa shape index (κ3) is 3.86. The molecule has 1 amide bonds. The highest BCUT2D eigenvalue weighted by atomic mass is 16.5. The van der Waals surface area contributed by atoms with Crippen LogP contribution >= 0.6 is 0 Å². The van der Waals surface area contributed by atoms with Gasteiger partial charge < -0.3 is 9.64 Å². The Morgan fingerprint density at radius 2 is 1.95 bits per heavy atom. The van der Waals surface area contributed by atoms with Crippen molar-refractivity contribution in [2.24, 2.45) is 0 Å². The van der Waals surface area contributed by atoms with Crippen molar-refractivity contribution in [2.45, 2.75) is 13.5 Å². The SMILES string of the molecule is CCOc1ccc(CN(C)C(=O)c2cccc(C#N)c2)cc1. The van der Waals surface area contributed by atoms with E-state index in [2.05, 4.69) is 0 Å². The van der Waals surface area contributed by atoms with Crippen LogP contribution in [-0.2, 0) is 6.54 Å². The van der Waals surface area contributed by atoms with E-state index in [1.807, 2.05) is 37.3 Å². The summed E-state index contributed by atoms with van der Waals surface area (Å²) < 4.78 is 5.40. The molecular weight excluding hydrogens is 276 g/mol. The lowest BCUT2D eigenvalue weighted by Gasteiger charge is -2.17. The first-order valence-corrected chi connectivity index (χ1v) is 7.11. The molecule has 0 aliphatic carbocycles. The summed E-state index contributed by atoms with van der Waals surface area (Å²) in [5.74, 6) is 0.716. The summed E-state index contributed by atoms with van der Waals surface area (Å²) in [6.07, 6.45) is 0. The maximum Gasteiger partial charge on any atom is 0.253 e. The third-order valence-electron chi connectivity index (χ3n) is 3.24. The van der Waals surface area contributed by atoms with Crippen molar-refractivity contribution in [3.63, 3.8) is 0 Å². The first kappa shape index (κ1) is 15.6. The van der Waals surface area contributed by atoms with Gasteiger partial charge in [0.1, 0.15) is 5.75 Å². The summed E-state index contributed by atoms with van der Waals surface area (Å²) in [5.41, 5.74) is 2.03. The Morgan fingerprint density at radius 1 is 1.23 bits per heavy atom. The summed E-state index contributed by atoms with van der Waals surface area (Å²) in [6, 6.07) is 16.5. The minimum atomic E-state index is -0.106. The lowest BCUT2D eigenvalue weighted by atomic mass is 10.1. The van der Waals surface area contributed by atoms with Gasteiger partial charge in [0.05, 0.1) is 18.2 Å². The second-order valence-corrected chi connectivity index (χ2v) is 4.93. The van der Waals surface area contributed by atoms with Gasteiger partial charge in [-0.1, -0.05) is 18.2 Å². The summed E-state index contributed by atoms with van der Waals surface area (Å²) in [6.45, 7) is 3.07. The number of nitrogens with zero attached hydrogens (tertiary/aromatic N) is 2. The zero-order valence-electron chi connectivity index (χ0n) is 12.7. The van der Waals surface area contributed by atoms with Gasteiger partial charge in [0.25, 0.3) is 5.91 Å². The van der Waals surface area contributed by atoms with E-state index in [0.717, 1.165) is 11.3 Å². The van der Waals surface area contributed by atoms with Crippen molar-refractivity contribution in [2.75, 3.05) is 13.7 Å². The molecule has 0 fully saturated rings. The molecule has 4 heteroatoms. The van der Waals surface area contributed by atoms with Crippen LogP contribution in [0.1, 0.15) is 28.4 Å². The molecule has 2 rings (SSSR count). The highest BCUT2D eigenvalue weighted by Gasteiger charge is 2.12. The number of rotatable bonds is 5. The van der Waals surface area contributed by atoms with Gasteiger partial charge in [0, 0.05) is 19.2 Å². The molecule has 0 aliphatic heterocycles. The van der Waals surface area contributed by atoms with Crippen LogP contribution in [0.3, 0.4) is 0 Å². The quantitative estimate of drug-likeness (QED) is 0.850. The Bertz CT molecular complexity index is 687. The molecular formula is C18H18N2O2. The second kappa shape index (κ2) is 7.28. The molecule has 0 unspecified atom stereocenters. The number of carbonyl (C=O) groups excluding carboxylic acids is 1. The average Bonchev–Trinajstić information content (AvgIpc) is 2.56. The van der Waals surface area contributed by atoms with Crippen LogP contribution in [0.25, 0.3) is 0 Å². The minimum absolute atomic E-state index is 0.106.